The van der Waals surface area contributed by atoms with E-state index in [9.17, 15) is 4.79 Å². The van der Waals surface area contributed by atoms with Gasteiger partial charge < -0.3 is 14.3 Å². The van der Waals surface area contributed by atoms with Gasteiger partial charge in [-0.25, -0.2) is 4.79 Å². The molecule has 0 atom stereocenters. The molecule has 0 spiro atoms. The molecule has 15 heavy (non-hydrogen) atoms. The van der Waals surface area contributed by atoms with Crippen molar-refractivity contribution in [1.82, 2.24) is 0 Å². The number of aryl methyl sites for hydroxylation is 1. The molecule has 1 aliphatic carbocycles. The molecule has 0 unspecified atom stereocenters. The molecule has 0 radical (unpaired) electrons. The average Bonchev–Trinajstić information content (AvgIpc) is 2.44. The minimum Gasteiger partial charge on any atom is -0.475 e. The van der Waals surface area contributed by atoms with Crippen molar-refractivity contribution in [3.63, 3.8) is 0 Å². The van der Waals surface area contributed by atoms with Crippen molar-refractivity contribution in [3.8, 4) is 0 Å². The van der Waals surface area contributed by atoms with Gasteiger partial charge >= 0.3 is 5.97 Å². The Morgan fingerprint density at radius 2 is 2.40 bits per heavy atom. The summed E-state index contributed by atoms with van der Waals surface area (Å²) in [6.45, 7) is 2.10. The number of carboxylic acids is 1. The van der Waals surface area contributed by atoms with Gasteiger partial charge in [-0.2, -0.15) is 0 Å². The lowest BCUT2D eigenvalue weighted by Gasteiger charge is -2.24. The van der Waals surface area contributed by atoms with Crippen LogP contribution in [0.4, 0.5) is 0 Å². The molecule has 1 heterocycles. The van der Waals surface area contributed by atoms with Crippen LogP contribution in [0, 0.1) is 6.92 Å². The van der Waals surface area contributed by atoms with E-state index in [4.69, 9.17) is 14.3 Å². The number of carboxylic acid groups (broad SMARTS) is 1. The highest BCUT2D eigenvalue weighted by Crippen LogP contribution is 2.24. The summed E-state index contributed by atoms with van der Waals surface area (Å²) in [5.41, 5.74) is 0.648. The molecule has 2 rings (SSSR count). The summed E-state index contributed by atoms with van der Waals surface area (Å²) in [7, 11) is 0. The highest BCUT2D eigenvalue weighted by Gasteiger charge is 2.19. The minimum atomic E-state index is -1.03. The van der Waals surface area contributed by atoms with E-state index in [2.05, 4.69) is 0 Å². The van der Waals surface area contributed by atoms with Gasteiger partial charge in [-0.15, -0.1) is 0 Å². The van der Waals surface area contributed by atoms with E-state index in [0.717, 1.165) is 12.8 Å². The summed E-state index contributed by atoms with van der Waals surface area (Å²) in [6, 6.07) is 1.72. The minimum absolute atomic E-state index is 0.0159. The van der Waals surface area contributed by atoms with E-state index in [1.165, 1.54) is 6.42 Å². The van der Waals surface area contributed by atoms with E-state index < -0.39 is 5.97 Å². The first kappa shape index (κ1) is 10.2. The van der Waals surface area contributed by atoms with Crippen LogP contribution in [0.2, 0.25) is 0 Å². The van der Waals surface area contributed by atoms with Gasteiger partial charge in [-0.3, -0.25) is 0 Å². The Morgan fingerprint density at radius 3 is 2.87 bits per heavy atom. The summed E-state index contributed by atoms with van der Waals surface area (Å²) in [4.78, 5) is 10.7. The van der Waals surface area contributed by atoms with Gasteiger partial charge in [0.15, 0.2) is 0 Å². The molecule has 1 aliphatic rings. The van der Waals surface area contributed by atoms with E-state index >= 15 is 0 Å². The van der Waals surface area contributed by atoms with Crippen LogP contribution in [-0.4, -0.2) is 17.2 Å². The van der Waals surface area contributed by atoms with Crippen LogP contribution in [0.15, 0.2) is 10.5 Å². The third kappa shape index (κ3) is 2.21. The monoisotopic (exact) mass is 210 g/mol. The molecule has 4 heteroatoms. The van der Waals surface area contributed by atoms with Crippen molar-refractivity contribution >= 4 is 5.97 Å². The second-order valence-corrected chi connectivity index (χ2v) is 3.89. The molecule has 0 aliphatic heterocycles. The summed E-state index contributed by atoms with van der Waals surface area (Å²) >= 11 is 0. The maximum Gasteiger partial charge on any atom is 0.372 e. The third-order valence-electron chi connectivity index (χ3n) is 2.68. The Balaban J connectivity index is 1.96. The molecule has 0 bridgehead atoms. The molecule has 1 aromatic heterocycles. The van der Waals surface area contributed by atoms with E-state index in [0.29, 0.717) is 24.0 Å². The summed E-state index contributed by atoms with van der Waals surface area (Å²) < 4.78 is 10.7. The number of hydrogen-bond donors (Lipinski definition) is 1. The first-order valence-electron chi connectivity index (χ1n) is 5.11. The number of rotatable bonds is 4. The van der Waals surface area contributed by atoms with Crippen LogP contribution >= 0.6 is 0 Å². The fraction of sp³-hybridized carbons (Fsp3) is 0.545. The van der Waals surface area contributed by atoms with Gasteiger partial charge in [0.2, 0.25) is 5.76 Å². The summed E-state index contributed by atoms with van der Waals surface area (Å²) in [5.74, 6) is -0.415. The zero-order chi connectivity index (χ0) is 10.8. The second kappa shape index (κ2) is 4.06. The van der Waals surface area contributed by atoms with Crippen molar-refractivity contribution in [2.75, 3.05) is 0 Å². The van der Waals surface area contributed by atoms with Gasteiger partial charge in [-0.1, -0.05) is 0 Å². The Kier molecular flexibility index (Phi) is 2.77. The van der Waals surface area contributed by atoms with Crippen LogP contribution in [0.3, 0.4) is 0 Å². The smallest absolute Gasteiger partial charge is 0.372 e. The van der Waals surface area contributed by atoms with Gasteiger partial charge in [0.25, 0.3) is 0 Å². The predicted molar refractivity (Wildman–Crippen MR) is 52.8 cm³/mol. The van der Waals surface area contributed by atoms with E-state index in [1.54, 1.807) is 13.0 Å². The molecule has 82 valence electrons. The molecule has 4 nitrogen and oxygen atoms in total. The van der Waals surface area contributed by atoms with Gasteiger partial charge in [-0.05, 0) is 32.3 Å². The van der Waals surface area contributed by atoms with Crippen molar-refractivity contribution < 1.29 is 19.1 Å². The van der Waals surface area contributed by atoms with Crippen LogP contribution in [0.1, 0.15) is 41.1 Å². The SMILES string of the molecule is Cc1cc(COC2CCC2)oc1C(=O)O. The molecule has 1 N–H and O–H groups in total. The maximum absolute atomic E-state index is 10.7. The predicted octanol–water partition coefficient (Wildman–Crippen LogP) is 2.36. The van der Waals surface area contributed by atoms with E-state index in [-0.39, 0.29) is 5.76 Å². The van der Waals surface area contributed by atoms with Crippen LogP contribution in [0.5, 0.6) is 0 Å². The molecule has 0 aromatic carbocycles. The molecule has 1 fully saturated rings. The fourth-order valence-electron chi connectivity index (χ4n) is 1.57. The molecule has 0 saturated heterocycles. The number of hydrogen-bond acceptors (Lipinski definition) is 3. The largest absolute Gasteiger partial charge is 0.475 e. The quantitative estimate of drug-likeness (QED) is 0.828. The van der Waals surface area contributed by atoms with Crippen molar-refractivity contribution in [2.24, 2.45) is 0 Å². The second-order valence-electron chi connectivity index (χ2n) is 3.89. The normalized spacial score (nSPS) is 16.3. The van der Waals surface area contributed by atoms with Crippen molar-refractivity contribution in [2.45, 2.75) is 38.9 Å². The fourth-order valence-corrected chi connectivity index (χ4v) is 1.57. The van der Waals surface area contributed by atoms with Crippen molar-refractivity contribution in [1.29, 1.82) is 0 Å². The average molecular weight is 210 g/mol. The van der Waals surface area contributed by atoms with Crippen LogP contribution in [0.25, 0.3) is 0 Å². The standard InChI is InChI=1S/C11H14O4/c1-7-5-9(15-10(7)11(12)13)6-14-8-3-2-4-8/h5,8H,2-4,6H2,1H3,(H,12,13). The Morgan fingerprint density at radius 1 is 1.67 bits per heavy atom. The van der Waals surface area contributed by atoms with Gasteiger partial charge in [0.1, 0.15) is 12.4 Å². The molecule has 1 aromatic rings. The highest BCUT2D eigenvalue weighted by atomic mass is 16.5. The first-order valence-corrected chi connectivity index (χ1v) is 5.11. The number of carbonyl (C=O) groups is 1. The lowest BCUT2D eigenvalue weighted by Crippen LogP contribution is -2.20. The molecule has 0 amide bonds. The molecule has 1 saturated carbocycles. The lowest BCUT2D eigenvalue weighted by atomic mass is 9.96. The summed E-state index contributed by atoms with van der Waals surface area (Å²) in [6.07, 6.45) is 3.77. The van der Waals surface area contributed by atoms with Crippen LogP contribution < -0.4 is 0 Å². The van der Waals surface area contributed by atoms with Crippen LogP contribution in [-0.2, 0) is 11.3 Å². The molecular weight excluding hydrogens is 196 g/mol. The number of aromatic carboxylic acids is 1. The summed E-state index contributed by atoms with van der Waals surface area (Å²) in [5, 5.41) is 8.78. The van der Waals surface area contributed by atoms with Gasteiger partial charge in [0.05, 0.1) is 6.10 Å². The zero-order valence-electron chi connectivity index (χ0n) is 8.66. The van der Waals surface area contributed by atoms with Crippen molar-refractivity contribution in [3.05, 3.63) is 23.2 Å². The number of furan rings is 1. The first-order chi connectivity index (χ1) is 7.16. The number of ether oxygens (including phenoxy) is 1. The van der Waals surface area contributed by atoms with Gasteiger partial charge in [0, 0.05) is 5.56 Å². The maximum atomic E-state index is 10.7. The lowest BCUT2D eigenvalue weighted by molar-refractivity contribution is -0.0160. The third-order valence-corrected chi connectivity index (χ3v) is 2.68. The molecular formula is C11H14O4. The highest BCUT2D eigenvalue weighted by molar-refractivity contribution is 5.86. The topological polar surface area (TPSA) is 59.7 Å². The Labute approximate surface area is 87.8 Å². The Bertz CT molecular complexity index is 363. The van der Waals surface area contributed by atoms with E-state index in [1.807, 2.05) is 0 Å². The Hall–Kier alpha value is -1.29. The zero-order valence-corrected chi connectivity index (χ0v) is 8.66.